The van der Waals surface area contributed by atoms with Crippen LogP contribution in [-0.4, -0.2) is 26.6 Å². The maximum absolute atomic E-state index is 13.3. The monoisotopic (exact) mass is 448 g/mol. The van der Waals surface area contributed by atoms with Gasteiger partial charge in [0, 0.05) is 28.4 Å². The van der Waals surface area contributed by atoms with Crippen molar-refractivity contribution in [3.63, 3.8) is 0 Å². The molecule has 0 fully saturated rings. The van der Waals surface area contributed by atoms with E-state index in [4.69, 9.17) is 0 Å². The van der Waals surface area contributed by atoms with Crippen molar-refractivity contribution in [3.05, 3.63) is 90.0 Å². The fourth-order valence-corrected chi connectivity index (χ4v) is 4.36. The van der Waals surface area contributed by atoms with E-state index in [0.717, 1.165) is 17.0 Å². The quantitative estimate of drug-likeness (QED) is 0.398. The van der Waals surface area contributed by atoms with Gasteiger partial charge in [0.15, 0.2) is 11.6 Å². The number of anilines is 1. The average molecular weight is 449 g/mol. The van der Waals surface area contributed by atoms with Crippen LogP contribution in [0.15, 0.2) is 82.6 Å². The first-order valence-electron chi connectivity index (χ1n) is 8.89. The molecule has 1 amide bonds. The van der Waals surface area contributed by atoms with Gasteiger partial charge in [0.1, 0.15) is 0 Å². The summed E-state index contributed by atoms with van der Waals surface area (Å²) < 4.78 is 53.2. The van der Waals surface area contributed by atoms with Gasteiger partial charge >= 0.3 is 0 Å². The number of carbonyl (C=O) groups excluding carboxylic acids is 1. The Balaban J connectivity index is 1.54. The van der Waals surface area contributed by atoms with Crippen LogP contribution < -0.4 is 10.0 Å². The number of hydrogen-bond donors (Lipinski definition) is 2. The smallest absolute Gasteiger partial charge is 0.261 e. The second kappa shape index (κ2) is 9.73. The summed E-state index contributed by atoms with van der Waals surface area (Å²) in [4.78, 5) is 12.9. The molecular weight excluding hydrogens is 430 g/mol. The normalized spacial score (nSPS) is 11.1. The van der Waals surface area contributed by atoms with Crippen LogP contribution in [-0.2, 0) is 10.0 Å². The average Bonchev–Trinajstić information content (AvgIpc) is 2.74. The van der Waals surface area contributed by atoms with Gasteiger partial charge in [-0.1, -0.05) is 18.2 Å². The molecule has 0 aliphatic rings. The molecule has 0 radical (unpaired) electrons. The molecule has 0 atom stereocenters. The highest BCUT2D eigenvalue weighted by atomic mass is 32.2. The van der Waals surface area contributed by atoms with E-state index < -0.39 is 26.6 Å². The minimum Gasteiger partial charge on any atom is -0.351 e. The van der Waals surface area contributed by atoms with Gasteiger partial charge in [-0.15, -0.1) is 11.8 Å². The highest BCUT2D eigenvalue weighted by Gasteiger charge is 2.17. The first-order valence-corrected chi connectivity index (χ1v) is 11.4. The number of nitrogens with one attached hydrogen (secondary N) is 2. The van der Waals surface area contributed by atoms with Crippen molar-refractivity contribution in [2.45, 2.75) is 9.79 Å². The zero-order valence-corrected chi connectivity index (χ0v) is 17.3. The molecule has 3 aromatic carbocycles. The van der Waals surface area contributed by atoms with Crippen molar-refractivity contribution in [1.82, 2.24) is 5.32 Å². The van der Waals surface area contributed by atoms with E-state index in [-0.39, 0.29) is 11.6 Å². The summed E-state index contributed by atoms with van der Waals surface area (Å²) in [5.74, 6) is -1.96. The Kier molecular flexibility index (Phi) is 7.07. The van der Waals surface area contributed by atoms with E-state index in [0.29, 0.717) is 23.9 Å². The number of amides is 1. The number of benzene rings is 3. The van der Waals surface area contributed by atoms with Crippen LogP contribution in [0.1, 0.15) is 10.4 Å². The van der Waals surface area contributed by atoms with Gasteiger partial charge in [-0.25, -0.2) is 17.2 Å². The molecule has 0 bridgehead atoms. The van der Waals surface area contributed by atoms with Crippen LogP contribution in [0.5, 0.6) is 0 Å². The Labute approximate surface area is 177 Å². The molecule has 0 aromatic heterocycles. The predicted molar refractivity (Wildman–Crippen MR) is 113 cm³/mol. The van der Waals surface area contributed by atoms with Crippen molar-refractivity contribution in [2.24, 2.45) is 0 Å². The first-order chi connectivity index (χ1) is 14.3. The molecule has 0 aliphatic heterocycles. The Morgan fingerprint density at radius 1 is 0.900 bits per heavy atom. The Hall–Kier alpha value is -2.91. The largest absolute Gasteiger partial charge is 0.351 e. The van der Waals surface area contributed by atoms with Crippen LogP contribution in [0.4, 0.5) is 14.5 Å². The minimum absolute atomic E-state index is 0.191. The number of sulfonamides is 1. The minimum atomic E-state index is -4.09. The molecule has 0 saturated carbocycles. The third-order valence-corrected chi connectivity index (χ3v) is 6.39. The highest BCUT2D eigenvalue weighted by Crippen LogP contribution is 2.19. The summed E-state index contributed by atoms with van der Waals surface area (Å²) in [6.45, 7) is 0.475. The first kappa shape index (κ1) is 21.8. The summed E-state index contributed by atoms with van der Waals surface area (Å²) in [6, 6.07) is 17.9. The van der Waals surface area contributed by atoms with Gasteiger partial charge in [-0.3, -0.25) is 9.52 Å². The van der Waals surface area contributed by atoms with Crippen LogP contribution in [0.25, 0.3) is 0 Å². The second-order valence-electron chi connectivity index (χ2n) is 6.18. The van der Waals surface area contributed by atoms with E-state index in [2.05, 4.69) is 10.0 Å². The summed E-state index contributed by atoms with van der Waals surface area (Å²) in [6.07, 6.45) is 0. The van der Waals surface area contributed by atoms with E-state index in [9.17, 15) is 22.0 Å². The fourth-order valence-electron chi connectivity index (χ4n) is 2.50. The zero-order chi connectivity index (χ0) is 21.6. The number of hydrogen-bond acceptors (Lipinski definition) is 4. The molecule has 156 valence electrons. The van der Waals surface area contributed by atoms with Crippen LogP contribution in [0.2, 0.25) is 0 Å². The molecule has 0 aliphatic carbocycles. The molecule has 0 heterocycles. The maximum Gasteiger partial charge on any atom is 0.261 e. The van der Waals surface area contributed by atoms with Gasteiger partial charge in [0.2, 0.25) is 0 Å². The molecule has 2 N–H and O–H groups in total. The molecule has 0 saturated heterocycles. The number of carbonyl (C=O) groups is 1. The Bertz CT molecular complexity index is 1120. The molecule has 5 nitrogen and oxygen atoms in total. The van der Waals surface area contributed by atoms with Crippen LogP contribution >= 0.6 is 11.8 Å². The van der Waals surface area contributed by atoms with Gasteiger partial charge in [0.05, 0.1) is 4.90 Å². The van der Waals surface area contributed by atoms with Gasteiger partial charge < -0.3 is 5.32 Å². The van der Waals surface area contributed by atoms with E-state index >= 15 is 0 Å². The lowest BCUT2D eigenvalue weighted by atomic mass is 10.2. The van der Waals surface area contributed by atoms with Crippen molar-refractivity contribution in [3.8, 4) is 0 Å². The van der Waals surface area contributed by atoms with Gasteiger partial charge in [-0.2, -0.15) is 0 Å². The van der Waals surface area contributed by atoms with Crippen LogP contribution in [0, 0.1) is 11.6 Å². The molecular formula is C21H18F2N2O3S2. The molecule has 3 aromatic rings. The van der Waals surface area contributed by atoms with E-state index in [1.165, 1.54) is 24.3 Å². The molecule has 9 heteroatoms. The molecule has 0 unspecified atom stereocenters. The predicted octanol–water partition coefficient (Wildman–Crippen LogP) is 4.29. The summed E-state index contributed by atoms with van der Waals surface area (Å²) in [5, 5.41) is 2.80. The maximum atomic E-state index is 13.3. The van der Waals surface area contributed by atoms with Crippen molar-refractivity contribution < 1.29 is 22.0 Å². The molecule has 0 spiro atoms. The lowest BCUT2D eigenvalue weighted by molar-refractivity contribution is 0.0956. The fraction of sp³-hybridized carbons (Fsp3) is 0.0952. The third-order valence-electron chi connectivity index (χ3n) is 4.00. The summed E-state index contributed by atoms with van der Waals surface area (Å²) >= 11 is 1.62. The van der Waals surface area contributed by atoms with Crippen molar-refractivity contribution >= 4 is 33.4 Å². The van der Waals surface area contributed by atoms with Gasteiger partial charge in [0.25, 0.3) is 15.9 Å². The third kappa shape index (κ3) is 5.80. The lowest BCUT2D eigenvalue weighted by Gasteiger charge is -2.09. The Morgan fingerprint density at radius 3 is 2.27 bits per heavy atom. The topological polar surface area (TPSA) is 75.3 Å². The molecule has 30 heavy (non-hydrogen) atoms. The van der Waals surface area contributed by atoms with Crippen molar-refractivity contribution in [2.75, 3.05) is 17.0 Å². The second-order valence-corrected chi connectivity index (χ2v) is 9.03. The summed E-state index contributed by atoms with van der Waals surface area (Å²) in [5.41, 5.74) is 0.561. The van der Waals surface area contributed by atoms with Gasteiger partial charge in [-0.05, 0) is 54.6 Å². The summed E-state index contributed by atoms with van der Waals surface area (Å²) in [7, 11) is -4.09. The Morgan fingerprint density at radius 2 is 1.60 bits per heavy atom. The van der Waals surface area contributed by atoms with Crippen LogP contribution in [0.3, 0.4) is 0 Å². The zero-order valence-electron chi connectivity index (χ0n) is 15.6. The van der Waals surface area contributed by atoms with E-state index in [1.54, 1.807) is 11.8 Å². The molecule has 3 rings (SSSR count). The van der Waals surface area contributed by atoms with Crippen molar-refractivity contribution in [1.29, 1.82) is 0 Å². The lowest BCUT2D eigenvalue weighted by Crippen LogP contribution is -2.25. The number of halogens is 2. The number of rotatable bonds is 8. The number of thioether (sulfide) groups is 1. The SMILES string of the molecule is O=C(NCCSc1ccccc1)c1ccc(NS(=O)(=O)c2ccc(F)c(F)c2)cc1. The van der Waals surface area contributed by atoms with E-state index in [1.807, 2.05) is 30.3 Å². The highest BCUT2D eigenvalue weighted by molar-refractivity contribution is 7.99. The standard InChI is InChI=1S/C21H18F2N2O3S2/c22-19-11-10-18(14-20(19)23)30(27,28)25-16-8-6-15(7-9-16)21(26)24-12-13-29-17-4-2-1-3-5-17/h1-11,14,25H,12-13H2,(H,24,26).